The minimum absolute atomic E-state index is 0.0636. The largest absolute Gasteiger partial charge is 0.496 e. The van der Waals surface area contributed by atoms with E-state index in [-0.39, 0.29) is 52.4 Å². The van der Waals surface area contributed by atoms with E-state index >= 15 is 0 Å². The molecule has 14 heteroatoms. The predicted molar refractivity (Wildman–Crippen MR) is 206 cm³/mol. The first-order valence-corrected chi connectivity index (χ1v) is 18.0. The van der Waals surface area contributed by atoms with Gasteiger partial charge in [-0.2, -0.15) is 0 Å². The van der Waals surface area contributed by atoms with Crippen LogP contribution < -0.4 is 29.6 Å². The molecule has 54 heavy (non-hydrogen) atoms. The quantitative estimate of drug-likeness (QED) is 0.0557. The second-order valence-electron chi connectivity index (χ2n) is 12.5. The van der Waals surface area contributed by atoms with E-state index in [0.29, 0.717) is 44.2 Å². The lowest BCUT2D eigenvalue weighted by Crippen LogP contribution is -2.37. The Morgan fingerprint density at radius 1 is 0.630 bits per heavy atom. The van der Waals surface area contributed by atoms with E-state index in [1.165, 1.54) is 14.2 Å². The van der Waals surface area contributed by atoms with Crippen LogP contribution in [-0.2, 0) is 35.9 Å². The van der Waals surface area contributed by atoms with Crippen molar-refractivity contribution in [3.8, 4) is 34.1 Å². The first kappa shape index (κ1) is 42.2. The maximum absolute atomic E-state index is 11.5. The Balaban J connectivity index is 1.48. The van der Waals surface area contributed by atoms with E-state index < -0.39 is 24.0 Å². The van der Waals surface area contributed by atoms with E-state index in [1.54, 1.807) is 24.3 Å². The van der Waals surface area contributed by atoms with Crippen LogP contribution >= 0.6 is 23.2 Å². The summed E-state index contributed by atoms with van der Waals surface area (Å²) in [6.07, 6.45) is 0.127. The fourth-order valence-electron chi connectivity index (χ4n) is 5.95. The summed E-state index contributed by atoms with van der Waals surface area (Å²) in [6.45, 7) is 4.33. The van der Waals surface area contributed by atoms with Gasteiger partial charge in [0.25, 0.3) is 0 Å². The van der Waals surface area contributed by atoms with E-state index in [9.17, 15) is 30.0 Å². The average molecular weight is 786 g/mol. The molecule has 0 aliphatic heterocycles. The lowest BCUT2D eigenvalue weighted by molar-refractivity contribution is -0.140. The molecular weight excluding hydrogens is 739 g/mol. The molecule has 4 aromatic carbocycles. The normalized spacial score (nSPS) is 12.2. The predicted octanol–water partition coefficient (Wildman–Crippen LogP) is 6.30. The molecule has 0 spiro atoms. The molecule has 4 rings (SSSR count). The first-order chi connectivity index (χ1) is 25.9. The van der Waals surface area contributed by atoms with Crippen LogP contribution in [0.4, 0.5) is 0 Å². The van der Waals surface area contributed by atoms with Crippen LogP contribution in [-0.4, -0.2) is 71.9 Å². The standard InChI is InChI=1S/C40H46Cl2N2O10/c1-23-25(21-53-37-17-35(51-3)27(15-31(37)41)19-43-33(11-13-45)39(47)48)7-5-9-29(23)30-10-6-8-26(24(30)2)22-54-38-18-36(52-4)28(16-32(38)42)20-44-34(12-14-46)40(49)50/h5-10,15-18,33-34,43-46H,11-14,19-22H2,1-4H3,(H,47,48)(H,49,50)/t33-,34-/m0/s1. The number of carbonyl (C=O) groups is 2. The molecule has 0 aliphatic rings. The van der Waals surface area contributed by atoms with Crippen molar-refractivity contribution in [1.82, 2.24) is 10.6 Å². The molecule has 0 amide bonds. The molecule has 0 radical (unpaired) electrons. The molecule has 0 saturated heterocycles. The van der Waals surface area contributed by atoms with Gasteiger partial charge in [0, 0.05) is 49.6 Å². The van der Waals surface area contributed by atoms with Gasteiger partial charge in [-0.15, -0.1) is 0 Å². The fourth-order valence-corrected chi connectivity index (χ4v) is 6.44. The summed E-state index contributed by atoms with van der Waals surface area (Å²) in [4.78, 5) is 23.0. The molecule has 0 heterocycles. The number of benzene rings is 4. The highest BCUT2D eigenvalue weighted by atomic mass is 35.5. The van der Waals surface area contributed by atoms with Gasteiger partial charge in [-0.25, -0.2) is 0 Å². The molecule has 0 fully saturated rings. The Morgan fingerprint density at radius 2 is 1.02 bits per heavy atom. The number of nitrogens with one attached hydrogen (secondary N) is 2. The number of halogens is 2. The third kappa shape index (κ3) is 10.8. The maximum Gasteiger partial charge on any atom is 0.320 e. The molecule has 0 aromatic heterocycles. The number of aliphatic carboxylic acids is 2. The van der Waals surface area contributed by atoms with Crippen LogP contribution in [0.2, 0.25) is 10.0 Å². The fraction of sp³-hybridized carbons (Fsp3) is 0.350. The van der Waals surface area contributed by atoms with Crippen LogP contribution in [0.3, 0.4) is 0 Å². The highest BCUT2D eigenvalue weighted by Crippen LogP contribution is 2.37. The van der Waals surface area contributed by atoms with Gasteiger partial charge in [0.1, 0.15) is 48.3 Å². The number of hydrogen-bond acceptors (Lipinski definition) is 10. The van der Waals surface area contributed by atoms with Crippen molar-refractivity contribution < 1.29 is 49.0 Å². The molecular formula is C40H46Cl2N2O10. The zero-order chi connectivity index (χ0) is 39.4. The Hall–Kier alpha value is -4.56. The number of rotatable bonds is 21. The second-order valence-corrected chi connectivity index (χ2v) is 13.3. The Kier molecular flexibility index (Phi) is 15.8. The summed E-state index contributed by atoms with van der Waals surface area (Å²) >= 11 is 13.2. The Labute approximate surface area is 324 Å². The molecule has 0 saturated carbocycles. The summed E-state index contributed by atoms with van der Waals surface area (Å²) in [6, 6.07) is 16.9. The van der Waals surface area contributed by atoms with Gasteiger partial charge in [0.2, 0.25) is 0 Å². The van der Waals surface area contributed by atoms with E-state index in [1.807, 2.05) is 38.1 Å². The molecule has 0 aliphatic carbocycles. The highest BCUT2D eigenvalue weighted by Gasteiger charge is 2.20. The average Bonchev–Trinajstić information content (AvgIpc) is 3.15. The Bertz CT molecular complexity index is 1790. The number of ether oxygens (including phenoxy) is 4. The van der Waals surface area contributed by atoms with Gasteiger partial charge in [-0.1, -0.05) is 59.6 Å². The van der Waals surface area contributed by atoms with Crippen LogP contribution in [0.25, 0.3) is 11.1 Å². The minimum atomic E-state index is -1.06. The van der Waals surface area contributed by atoms with Crippen molar-refractivity contribution in [3.05, 3.63) is 104 Å². The molecule has 0 unspecified atom stereocenters. The molecule has 2 atom stereocenters. The van der Waals surface area contributed by atoms with Gasteiger partial charge >= 0.3 is 11.9 Å². The number of aliphatic hydroxyl groups excluding tert-OH is 2. The lowest BCUT2D eigenvalue weighted by atomic mass is 9.92. The molecule has 4 aromatic rings. The van der Waals surface area contributed by atoms with Gasteiger partial charge in [0.05, 0.1) is 24.3 Å². The number of methoxy groups -OCH3 is 2. The van der Waals surface area contributed by atoms with Gasteiger partial charge in [-0.05, 0) is 72.2 Å². The first-order valence-electron chi connectivity index (χ1n) is 17.2. The molecule has 12 nitrogen and oxygen atoms in total. The van der Waals surface area contributed by atoms with Crippen LogP contribution in [0, 0.1) is 13.8 Å². The second kappa shape index (κ2) is 20.2. The van der Waals surface area contributed by atoms with Gasteiger partial charge < -0.3 is 50.0 Å². The smallest absolute Gasteiger partial charge is 0.320 e. The van der Waals surface area contributed by atoms with Gasteiger partial charge in [0.15, 0.2) is 0 Å². The van der Waals surface area contributed by atoms with Crippen molar-refractivity contribution in [2.75, 3.05) is 27.4 Å². The summed E-state index contributed by atoms with van der Waals surface area (Å²) in [5.41, 5.74) is 7.27. The third-order valence-corrected chi connectivity index (χ3v) is 9.72. The third-order valence-electron chi connectivity index (χ3n) is 9.13. The number of carboxylic acid groups (broad SMARTS) is 2. The van der Waals surface area contributed by atoms with Crippen molar-refractivity contribution in [1.29, 1.82) is 0 Å². The summed E-state index contributed by atoms with van der Waals surface area (Å²) in [7, 11) is 3.02. The number of carboxylic acids is 2. The van der Waals surface area contributed by atoms with Crippen molar-refractivity contribution in [2.45, 2.75) is 65.1 Å². The maximum atomic E-state index is 11.5. The summed E-state index contributed by atoms with van der Waals surface area (Å²) in [5.74, 6) is -0.343. The van der Waals surface area contributed by atoms with E-state index in [0.717, 1.165) is 33.4 Å². The van der Waals surface area contributed by atoms with Crippen LogP contribution in [0.15, 0.2) is 60.7 Å². The zero-order valence-corrected chi connectivity index (χ0v) is 32.1. The van der Waals surface area contributed by atoms with Crippen molar-refractivity contribution in [3.63, 3.8) is 0 Å². The zero-order valence-electron chi connectivity index (χ0n) is 30.6. The molecule has 6 N–H and O–H groups in total. The topological polar surface area (TPSA) is 176 Å². The number of hydrogen-bond donors (Lipinski definition) is 6. The van der Waals surface area contributed by atoms with Crippen LogP contribution in [0.1, 0.15) is 46.2 Å². The molecule has 0 bridgehead atoms. The lowest BCUT2D eigenvalue weighted by Gasteiger charge is -2.19. The van der Waals surface area contributed by atoms with Crippen molar-refractivity contribution in [2.24, 2.45) is 0 Å². The minimum Gasteiger partial charge on any atom is -0.496 e. The monoisotopic (exact) mass is 784 g/mol. The number of aliphatic hydroxyl groups is 2. The summed E-state index contributed by atoms with van der Waals surface area (Å²) in [5, 5.41) is 43.7. The summed E-state index contributed by atoms with van der Waals surface area (Å²) < 4.78 is 23.5. The van der Waals surface area contributed by atoms with E-state index in [2.05, 4.69) is 22.8 Å². The van der Waals surface area contributed by atoms with Crippen molar-refractivity contribution >= 4 is 35.1 Å². The highest BCUT2D eigenvalue weighted by molar-refractivity contribution is 6.32. The van der Waals surface area contributed by atoms with Gasteiger partial charge in [-0.3, -0.25) is 9.59 Å². The van der Waals surface area contributed by atoms with E-state index in [4.69, 9.17) is 42.1 Å². The molecule has 290 valence electrons. The van der Waals surface area contributed by atoms with Crippen LogP contribution in [0.5, 0.6) is 23.0 Å². The SMILES string of the molecule is COc1cc(OCc2cccc(-c3cccc(COc4cc(OC)c(CN[C@@H](CCO)C(=O)O)cc4Cl)c3C)c2C)c(Cl)cc1CN[C@@H](CCO)C(=O)O. The Morgan fingerprint density at radius 3 is 1.35 bits per heavy atom.